The van der Waals surface area contributed by atoms with Gasteiger partial charge in [-0.25, -0.2) is 0 Å². The maximum Gasteiger partial charge on any atom is 0.226 e. The van der Waals surface area contributed by atoms with Crippen LogP contribution in [0.5, 0.6) is 0 Å². The van der Waals surface area contributed by atoms with Gasteiger partial charge in [-0.2, -0.15) is 0 Å². The van der Waals surface area contributed by atoms with Gasteiger partial charge in [-0.05, 0) is 24.6 Å². The second-order valence-corrected chi connectivity index (χ2v) is 3.83. The zero-order valence-electron chi connectivity index (χ0n) is 9.13. The Morgan fingerprint density at radius 2 is 2.33 bits per heavy atom. The summed E-state index contributed by atoms with van der Waals surface area (Å²) in [6, 6.07) is 6.35. The number of amides is 1. The van der Waals surface area contributed by atoms with Crippen molar-refractivity contribution < 1.29 is 4.79 Å². The van der Waals surface area contributed by atoms with Crippen LogP contribution >= 0.6 is 0 Å². The van der Waals surface area contributed by atoms with E-state index in [9.17, 15) is 4.79 Å². The number of carbonyl (C=O) groups is 1. The van der Waals surface area contributed by atoms with Crippen LogP contribution in [-0.4, -0.2) is 13.0 Å². The van der Waals surface area contributed by atoms with Gasteiger partial charge in [0.05, 0.1) is 0 Å². The quantitative estimate of drug-likeness (QED) is 0.772. The molecule has 0 aromatic heterocycles. The zero-order valence-corrected chi connectivity index (χ0v) is 9.13. The standard InChI is InChI=1S/C12H16N2O/c1-3-8-5-4-6-9-10(13-2)7-11(15)14-12(8)9/h4-6,10,13H,3,7H2,1-2H3,(H,14,15). The van der Waals surface area contributed by atoms with Crippen LogP contribution in [0.25, 0.3) is 0 Å². The Morgan fingerprint density at radius 1 is 1.53 bits per heavy atom. The molecule has 0 bridgehead atoms. The lowest BCUT2D eigenvalue weighted by atomic mass is 9.94. The highest BCUT2D eigenvalue weighted by atomic mass is 16.1. The Morgan fingerprint density at radius 3 is 3.00 bits per heavy atom. The molecule has 2 N–H and O–H groups in total. The second kappa shape index (κ2) is 4.03. The van der Waals surface area contributed by atoms with E-state index < -0.39 is 0 Å². The number of carbonyl (C=O) groups excluding carboxylic acids is 1. The Bertz CT molecular complexity index is 387. The fraction of sp³-hybridized carbons (Fsp3) is 0.417. The predicted octanol–water partition coefficient (Wildman–Crippen LogP) is 1.85. The molecule has 1 aromatic carbocycles. The smallest absolute Gasteiger partial charge is 0.226 e. The lowest BCUT2D eigenvalue weighted by Crippen LogP contribution is -2.30. The third-order valence-electron chi connectivity index (χ3n) is 2.94. The third kappa shape index (κ3) is 1.75. The van der Waals surface area contributed by atoms with Gasteiger partial charge in [0.2, 0.25) is 5.91 Å². The number of aryl methyl sites for hydroxylation is 1. The van der Waals surface area contributed by atoms with Crippen molar-refractivity contribution in [1.82, 2.24) is 5.32 Å². The average molecular weight is 204 g/mol. The number of nitrogens with one attached hydrogen (secondary N) is 2. The van der Waals surface area contributed by atoms with Gasteiger partial charge in [0.25, 0.3) is 0 Å². The van der Waals surface area contributed by atoms with Gasteiger partial charge in [-0.3, -0.25) is 4.79 Å². The van der Waals surface area contributed by atoms with Crippen molar-refractivity contribution in [2.24, 2.45) is 0 Å². The topological polar surface area (TPSA) is 41.1 Å². The van der Waals surface area contributed by atoms with E-state index in [-0.39, 0.29) is 11.9 Å². The summed E-state index contributed by atoms with van der Waals surface area (Å²) in [4.78, 5) is 11.5. The van der Waals surface area contributed by atoms with Crippen molar-refractivity contribution in [3.63, 3.8) is 0 Å². The largest absolute Gasteiger partial charge is 0.325 e. The highest BCUT2D eigenvalue weighted by molar-refractivity contribution is 5.95. The van der Waals surface area contributed by atoms with Crippen LogP contribution in [0.1, 0.15) is 30.5 Å². The monoisotopic (exact) mass is 204 g/mol. The molecular weight excluding hydrogens is 188 g/mol. The summed E-state index contributed by atoms with van der Waals surface area (Å²) in [5, 5.41) is 6.15. The van der Waals surface area contributed by atoms with Crippen LogP contribution < -0.4 is 10.6 Å². The van der Waals surface area contributed by atoms with E-state index in [1.54, 1.807) is 0 Å². The van der Waals surface area contributed by atoms with Crippen LogP contribution in [0.15, 0.2) is 18.2 Å². The highest BCUT2D eigenvalue weighted by Crippen LogP contribution is 2.32. The molecule has 0 spiro atoms. The van der Waals surface area contributed by atoms with Gasteiger partial charge in [-0.1, -0.05) is 25.1 Å². The highest BCUT2D eigenvalue weighted by Gasteiger charge is 2.24. The van der Waals surface area contributed by atoms with Crippen molar-refractivity contribution in [3.8, 4) is 0 Å². The Kier molecular flexibility index (Phi) is 2.73. The van der Waals surface area contributed by atoms with E-state index in [1.165, 1.54) is 11.1 Å². The fourth-order valence-electron chi connectivity index (χ4n) is 2.10. The molecule has 0 radical (unpaired) electrons. The number of benzene rings is 1. The van der Waals surface area contributed by atoms with E-state index >= 15 is 0 Å². The molecule has 1 aromatic rings. The first-order chi connectivity index (χ1) is 7.26. The number of hydrogen-bond acceptors (Lipinski definition) is 2. The van der Waals surface area contributed by atoms with E-state index in [1.807, 2.05) is 7.05 Å². The number of anilines is 1. The molecule has 0 saturated carbocycles. The maximum absolute atomic E-state index is 11.5. The van der Waals surface area contributed by atoms with E-state index in [0.717, 1.165) is 12.1 Å². The van der Waals surface area contributed by atoms with Crippen molar-refractivity contribution in [2.75, 3.05) is 12.4 Å². The molecular formula is C12H16N2O. The van der Waals surface area contributed by atoms with Crippen LogP contribution in [0.2, 0.25) is 0 Å². The molecule has 80 valence electrons. The summed E-state index contributed by atoms with van der Waals surface area (Å²) >= 11 is 0. The zero-order chi connectivity index (χ0) is 10.8. The predicted molar refractivity (Wildman–Crippen MR) is 60.9 cm³/mol. The number of para-hydroxylation sites is 1. The van der Waals surface area contributed by atoms with E-state index in [4.69, 9.17) is 0 Å². The van der Waals surface area contributed by atoms with E-state index in [2.05, 4.69) is 35.8 Å². The molecule has 1 amide bonds. The van der Waals surface area contributed by atoms with Crippen molar-refractivity contribution in [3.05, 3.63) is 29.3 Å². The minimum Gasteiger partial charge on any atom is -0.325 e. The molecule has 0 aliphatic carbocycles. The summed E-state index contributed by atoms with van der Waals surface area (Å²) < 4.78 is 0. The van der Waals surface area contributed by atoms with Crippen LogP contribution in [-0.2, 0) is 11.2 Å². The molecule has 0 fully saturated rings. The molecule has 3 nitrogen and oxygen atoms in total. The van der Waals surface area contributed by atoms with Crippen molar-refractivity contribution in [1.29, 1.82) is 0 Å². The summed E-state index contributed by atoms with van der Waals surface area (Å²) in [6.07, 6.45) is 1.47. The molecule has 2 rings (SSSR count). The minimum atomic E-state index is 0.0998. The Balaban J connectivity index is 2.49. The molecule has 1 heterocycles. The first kappa shape index (κ1) is 10.2. The van der Waals surface area contributed by atoms with Crippen molar-refractivity contribution in [2.45, 2.75) is 25.8 Å². The number of rotatable bonds is 2. The van der Waals surface area contributed by atoms with E-state index in [0.29, 0.717) is 6.42 Å². The first-order valence-corrected chi connectivity index (χ1v) is 5.35. The van der Waals surface area contributed by atoms with Gasteiger partial charge < -0.3 is 10.6 Å². The van der Waals surface area contributed by atoms with Gasteiger partial charge in [0.1, 0.15) is 0 Å². The van der Waals surface area contributed by atoms with Crippen LogP contribution in [0, 0.1) is 0 Å². The first-order valence-electron chi connectivity index (χ1n) is 5.35. The van der Waals surface area contributed by atoms with Gasteiger partial charge >= 0.3 is 0 Å². The fourth-order valence-corrected chi connectivity index (χ4v) is 2.10. The van der Waals surface area contributed by atoms with Gasteiger partial charge in [-0.15, -0.1) is 0 Å². The molecule has 1 atom stereocenters. The van der Waals surface area contributed by atoms with Crippen LogP contribution in [0.3, 0.4) is 0 Å². The van der Waals surface area contributed by atoms with Gasteiger partial charge in [0.15, 0.2) is 0 Å². The molecule has 3 heteroatoms. The summed E-state index contributed by atoms with van der Waals surface area (Å²) in [5.74, 6) is 0.0998. The summed E-state index contributed by atoms with van der Waals surface area (Å²) in [5.41, 5.74) is 3.42. The normalized spacial score (nSPS) is 19.6. The van der Waals surface area contributed by atoms with Gasteiger partial charge in [0, 0.05) is 18.2 Å². The maximum atomic E-state index is 11.5. The minimum absolute atomic E-state index is 0.0998. The molecule has 1 unspecified atom stereocenters. The molecule has 1 aliphatic heterocycles. The molecule has 15 heavy (non-hydrogen) atoms. The SMILES string of the molecule is CCc1cccc2c1NC(=O)CC2NC. The number of hydrogen-bond donors (Lipinski definition) is 2. The second-order valence-electron chi connectivity index (χ2n) is 3.83. The Labute approximate surface area is 89.9 Å². The van der Waals surface area contributed by atoms with Crippen LogP contribution in [0.4, 0.5) is 5.69 Å². The summed E-state index contributed by atoms with van der Waals surface area (Å²) in [7, 11) is 1.89. The number of fused-ring (bicyclic) bond motifs is 1. The summed E-state index contributed by atoms with van der Waals surface area (Å²) in [6.45, 7) is 2.10. The lowest BCUT2D eigenvalue weighted by Gasteiger charge is -2.27. The third-order valence-corrected chi connectivity index (χ3v) is 2.94. The molecule has 0 saturated heterocycles. The Hall–Kier alpha value is -1.35. The lowest BCUT2D eigenvalue weighted by molar-refractivity contribution is -0.117. The molecule has 1 aliphatic rings. The van der Waals surface area contributed by atoms with Crippen molar-refractivity contribution >= 4 is 11.6 Å². The average Bonchev–Trinajstić information content (AvgIpc) is 2.27.